The summed E-state index contributed by atoms with van der Waals surface area (Å²) in [5, 5.41) is 9.09. The Morgan fingerprint density at radius 2 is 2.22 bits per heavy atom. The Labute approximate surface area is 135 Å². The number of nitrogens with zero attached hydrogens (tertiary/aromatic N) is 3. The van der Waals surface area contributed by atoms with Crippen LogP contribution in [0.15, 0.2) is 4.52 Å². The van der Waals surface area contributed by atoms with Gasteiger partial charge in [0.2, 0.25) is 5.89 Å². The van der Waals surface area contributed by atoms with E-state index in [0.29, 0.717) is 24.8 Å². The van der Waals surface area contributed by atoms with Crippen molar-refractivity contribution in [1.82, 2.24) is 25.7 Å². The third-order valence-corrected chi connectivity index (χ3v) is 4.75. The predicted molar refractivity (Wildman–Crippen MR) is 81.5 cm³/mol. The first kappa shape index (κ1) is 15.9. The number of rotatable bonds is 4. The van der Waals surface area contributed by atoms with E-state index in [4.69, 9.17) is 4.52 Å². The Morgan fingerprint density at radius 3 is 2.83 bits per heavy atom. The Balaban J connectivity index is 1.66. The molecule has 3 heterocycles. The lowest BCUT2D eigenvalue weighted by Gasteiger charge is -2.39. The fourth-order valence-corrected chi connectivity index (χ4v) is 3.27. The topological polar surface area (TPSA) is 100 Å². The number of piperidine rings is 1. The van der Waals surface area contributed by atoms with Crippen LogP contribution in [0.4, 0.5) is 4.79 Å². The van der Waals surface area contributed by atoms with Crippen molar-refractivity contribution in [3.63, 3.8) is 0 Å². The van der Waals surface area contributed by atoms with Gasteiger partial charge in [0.1, 0.15) is 5.54 Å². The highest BCUT2D eigenvalue weighted by Gasteiger charge is 2.48. The molecule has 23 heavy (non-hydrogen) atoms. The Bertz CT molecular complexity index is 614. The number of hydrogen-bond acceptors (Lipinski definition) is 6. The van der Waals surface area contributed by atoms with Crippen molar-refractivity contribution >= 4 is 11.9 Å². The molecule has 0 saturated carbocycles. The van der Waals surface area contributed by atoms with Gasteiger partial charge in [-0.1, -0.05) is 19.0 Å². The Hall–Kier alpha value is -1.96. The monoisotopic (exact) mass is 321 g/mol. The molecule has 2 fully saturated rings. The lowest BCUT2D eigenvalue weighted by Crippen LogP contribution is -2.55. The van der Waals surface area contributed by atoms with Gasteiger partial charge in [0.25, 0.3) is 5.91 Å². The maximum absolute atomic E-state index is 12.1. The molecular formula is C15H23N5O3. The van der Waals surface area contributed by atoms with E-state index < -0.39 is 11.6 Å². The number of nitrogens with one attached hydrogen (secondary N) is 2. The summed E-state index contributed by atoms with van der Waals surface area (Å²) >= 11 is 0. The van der Waals surface area contributed by atoms with Crippen LogP contribution in [0.2, 0.25) is 0 Å². The van der Waals surface area contributed by atoms with Crippen LogP contribution in [0.25, 0.3) is 0 Å². The number of imide groups is 1. The van der Waals surface area contributed by atoms with Crippen molar-refractivity contribution < 1.29 is 14.1 Å². The minimum atomic E-state index is -0.840. The van der Waals surface area contributed by atoms with Gasteiger partial charge in [-0.2, -0.15) is 4.98 Å². The van der Waals surface area contributed by atoms with E-state index in [1.165, 1.54) is 0 Å². The lowest BCUT2D eigenvalue weighted by atomic mass is 9.80. The minimum absolute atomic E-state index is 0.0650. The van der Waals surface area contributed by atoms with Gasteiger partial charge in [-0.05, 0) is 26.3 Å². The molecule has 2 aliphatic rings. The molecule has 2 unspecified atom stereocenters. The lowest BCUT2D eigenvalue weighted by molar-refractivity contribution is -0.126. The van der Waals surface area contributed by atoms with Crippen molar-refractivity contribution in [2.75, 3.05) is 13.1 Å². The average molecular weight is 321 g/mol. The van der Waals surface area contributed by atoms with Crippen LogP contribution >= 0.6 is 0 Å². The highest BCUT2D eigenvalue weighted by molar-refractivity contribution is 6.06. The van der Waals surface area contributed by atoms with E-state index in [1.807, 2.05) is 13.8 Å². The quantitative estimate of drug-likeness (QED) is 0.803. The van der Waals surface area contributed by atoms with E-state index in [9.17, 15) is 9.59 Å². The highest BCUT2D eigenvalue weighted by atomic mass is 16.5. The zero-order valence-corrected chi connectivity index (χ0v) is 13.8. The minimum Gasteiger partial charge on any atom is -0.338 e. The summed E-state index contributed by atoms with van der Waals surface area (Å²) in [6.45, 7) is 8.04. The molecule has 3 amide bonds. The van der Waals surface area contributed by atoms with Gasteiger partial charge in [0.15, 0.2) is 5.82 Å². The number of urea groups is 1. The van der Waals surface area contributed by atoms with Crippen LogP contribution < -0.4 is 10.6 Å². The van der Waals surface area contributed by atoms with Gasteiger partial charge in [-0.3, -0.25) is 15.0 Å². The standard InChI is InChI=1S/C15H23N5O3/c1-9(2)12-16-11(23-19-12)8-20-6-4-5-10(7-20)15(3)13(21)17-14(22)18-15/h9-10H,4-8H2,1-3H3,(H2,17,18,21,22). The third-order valence-electron chi connectivity index (χ3n) is 4.75. The molecule has 2 saturated heterocycles. The molecule has 0 radical (unpaired) electrons. The first-order valence-electron chi connectivity index (χ1n) is 8.07. The molecule has 0 spiro atoms. The third kappa shape index (κ3) is 3.08. The molecule has 8 heteroatoms. The van der Waals surface area contributed by atoms with Crippen molar-refractivity contribution in [1.29, 1.82) is 0 Å². The SMILES string of the molecule is CC(C)c1noc(CN2CCCC(C3(C)NC(=O)NC3=O)C2)n1. The molecule has 0 aromatic carbocycles. The molecule has 2 atom stereocenters. The van der Waals surface area contributed by atoms with Gasteiger partial charge < -0.3 is 9.84 Å². The van der Waals surface area contributed by atoms with Crippen LogP contribution in [0.1, 0.15) is 51.2 Å². The number of amides is 3. The number of aromatic nitrogens is 2. The number of likely N-dealkylation sites (tertiary alicyclic amines) is 1. The average Bonchev–Trinajstić information content (AvgIpc) is 3.05. The van der Waals surface area contributed by atoms with E-state index in [0.717, 1.165) is 19.4 Å². The molecule has 8 nitrogen and oxygen atoms in total. The fraction of sp³-hybridized carbons (Fsp3) is 0.733. The largest absolute Gasteiger partial charge is 0.338 e. The van der Waals surface area contributed by atoms with E-state index in [1.54, 1.807) is 6.92 Å². The molecule has 1 aromatic heterocycles. The fourth-order valence-electron chi connectivity index (χ4n) is 3.27. The van der Waals surface area contributed by atoms with E-state index in [2.05, 4.69) is 25.7 Å². The summed E-state index contributed by atoms with van der Waals surface area (Å²) in [4.78, 5) is 30.2. The van der Waals surface area contributed by atoms with Crippen molar-refractivity contribution in [2.24, 2.45) is 5.92 Å². The highest BCUT2D eigenvalue weighted by Crippen LogP contribution is 2.30. The van der Waals surface area contributed by atoms with Gasteiger partial charge in [-0.15, -0.1) is 0 Å². The first-order valence-corrected chi connectivity index (χ1v) is 8.07. The van der Waals surface area contributed by atoms with Crippen LogP contribution in [-0.2, 0) is 11.3 Å². The van der Waals surface area contributed by atoms with Crippen molar-refractivity contribution in [2.45, 2.75) is 51.6 Å². The smallest absolute Gasteiger partial charge is 0.322 e. The molecule has 3 rings (SSSR count). The van der Waals surface area contributed by atoms with Gasteiger partial charge in [0.05, 0.1) is 6.54 Å². The van der Waals surface area contributed by atoms with Gasteiger partial charge in [-0.25, -0.2) is 4.79 Å². The summed E-state index contributed by atoms with van der Waals surface area (Å²) < 4.78 is 5.30. The molecular weight excluding hydrogens is 298 g/mol. The summed E-state index contributed by atoms with van der Waals surface area (Å²) in [5.41, 5.74) is -0.840. The van der Waals surface area contributed by atoms with Crippen LogP contribution in [-0.4, -0.2) is 45.6 Å². The summed E-state index contributed by atoms with van der Waals surface area (Å²) in [5.74, 6) is 1.37. The van der Waals surface area contributed by atoms with Crippen LogP contribution in [0.5, 0.6) is 0 Å². The molecule has 1 aromatic rings. The Kier molecular flexibility index (Phi) is 4.09. The van der Waals surface area contributed by atoms with E-state index in [-0.39, 0.29) is 17.7 Å². The van der Waals surface area contributed by atoms with Crippen LogP contribution in [0.3, 0.4) is 0 Å². The van der Waals surface area contributed by atoms with Crippen LogP contribution in [0, 0.1) is 5.92 Å². The van der Waals surface area contributed by atoms with Gasteiger partial charge >= 0.3 is 6.03 Å². The molecule has 0 aliphatic carbocycles. The zero-order chi connectivity index (χ0) is 16.6. The number of carbonyl (C=O) groups is 2. The van der Waals surface area contributed by atoms with Crippen molar-refractivity contribution in [3.8, 4) is 0 Å². The zero-order valence-electron chi connectivity index (χ0n) is 13.8. The number of hydrogen-bond donors (Lipinski definition) is 2. The summed E-state index contributed by atoms with van der Waals surface area (Å²) in [6, 6.07) is -0.409. The summed E-state index contributed by atoms with van der Waals surface area (Å²) in [7, 11) is 0. The van der Waals surface area contributed by atoms with Crippen molar-refractivity contribution in [3.05, 3.63) is 11.7 Å². The number of carbonyl (C=O) groups excluding carboxylic acids is 2. The molecule has 2 aliphatic heterocycles. The maximum atomic E-state index is 12.1. The predicted octanol–water partition coefficient (Wildman–Crippen LogP) is 1.00. The second-order valence-corrected chi connectivity index (χ2v) is 6.89. The maximum Gasteiger partial charge on any atom is 0.322 e. The molecule has 2 N–H and O–H groups in total. The second-order valence-electron chi connectivity index (χ2n) is 6.89. The molecule has 0 bridgehead atoms. The first-order chi connectivity index (χ1) is 10.9. The summed E-state index contributed by atoms with van der Waals surface area (Å²) in [6.07, 6.45) is 1.87. The molecule has 126 valence electrons. The Morgan fingerprint density at radius 1 is 1.43 bits per heavy atom. The van der Waals surface area contributed by atoms with Gasteiger partial charge in [0, 0.05) is 18.4 Å². The van der Waals surface area contributed by atoms with E-state index >= 15 is 0 Å². The second kappa shape index (κ2) is 5.92. The normalized spacial score (nSPS) is 29.0.